The van der Waals surface area contributed by atoms with E-state index in [0.29, 0.717) is 6.42 Å². The number of hydrogen-bond acceptors (Lipinski definition) is 3. The molecule has 0 aromatic heterocycles. The van der Waals surface area contributed by atoms with Crippen molar-refractivity contribution in [1.82, 2.24) is 0 Å². The molecule has 3 nitrogen and oxygen atoms in total. The molecule has 122 valence electrons. The van der Waals surface area contributed by atoms with Gasteiger partial charge in [0.05, 0.1) is 6.10 Å². The van der Waals surface area contributed by atoms with Gasteiger partial charge in [-0.15, -0.1) is 0 Å². The molecule has 0 unspecified atom stereocenters. The normalized spacial score (nSPS) is 12.5. The lowest BCUT2D eigenvalue weighted by Crippen LogP contribution is -2.05. The molecule has 0 heterocycles. The van der Waals surface area contributed by atoms with Gasteiger partial charge >= 0.3 is 5.97 Å². The van der Waals surface area contributed by atoms with Crippen LogP contribution in [0.3, 0.4) is 0 Å². The lowest BCUT2D eigenvalue weighted by molar-refractivity contribution is -0.139. The Balaban J connectivity index is 2.10. The van der Waals surface area contributed by atoms with Crippen molar-refractivity contribution in [2.45, 2.75) is 64.6 Å². The van der Waals surface area contributed by atoms with Crippen LogP contribution in [0.1, 0.15) is 57.4 Å². The van der Waals surface area contributed by atoms with Gasteiger partial charge in [0.25, 0.3) is 0 Å². The maximum absolute atomic E-state index is 11.5. The Kier molecular flexibility index (Phi) is 10.0. The van der Waals surface area contributed by atoms with E-state index in [1.807, 2.05) is 30.3 Å². The van der Waals surface area contributed by atoms with Crippen LogP contribution in [-0.2, 0) is 16.1 Å². The Morgan fingerprint density at radius 1 is 1.14 bits per heavy atom. The number of carbonyl (C=O) groups excluding carboxylic acids is 1. The highest BCUT2D eigenvalue weighted by atomic mass is 16.5. The Morgan fingerprint density at radius 3 is 2.55 bits per heavy atom. The summed E-state index contributed by atoms with van der Waals surface area (Å²) in [5.41, 5.74) is 0.955. The summed E-state index contributed by atoms with van der Waals surface area (Å²) in [5.74, 6) is -0.411. The minimum absolute atomic E-state index is 0.261. The number of rotatable bonds is 11. The SMILES string of the molecule is CCCCCCCC[C@@H](O)C=CC(=O)OCc1ccccc1. The van der Waals surface area contributed by atoms with Gasteiger partial charge < -0.3 is 9.84 Å². The van der Waals surface area contributed by atoms with Crippen molar-refractivity contribution in [2.24, 2.45) is 0 Å². The molecule has 3 heteroatoms. The van der Waals surface area contributed by atoms with Gasteiger partial charge in [0.1, 0.15) is 6.61 Å². The topological polar surface area (TPSA) is 46.5 Å². The van der Waals surface area contributed by atoms with Crippen LogP contribution in [0.2, 0.25) is 0 Å². The van der Waals surface area contributed by atoms with Crippen molar-refractivity contribution in [3.8, 4) is 0 Å². The number of aliphatic hydroxyl groups excluding tert-OH is 1. The molecular weight excluding hydrogens is 276 g/mol. The minimum atomic E-state index is -0.560. The summed E-state index contributed by atoms with van der Waals surface area (Å²) in [4.78, 5) is 11.5. The summed E-state index contributed by atoms with van der Waals surface area (Å²) in [6, 6.07) is 9.55. The number of benzene rings is 1. The summed E-state index contributed by atoms with van der Waals surface area (Å²) >= 11 is 0. The average molecular weight is 304 g/mol. The number of hydrogen-bond donors (Lipinski definition) is 1. The van der Waals surface area contributed by atoms with E-state index in [1.165, 1.54) is 37.8 Å². The second-order valence-electron chi connectivity index (χ2n) is 5.58. The Bertz CT molecular complexity index is 426. The summed E-state index contributed by atoms with van der Waals surface area (Å²) in [6.07, 6.45) is 10.2. The van der Waals surface area contributed by atoms with Crippen LogP contribution in [0, 0.1) is 0 Å². The van der Waals surface area contributed by atoms with Crippen LogP contribution in [-0.4, -0.2) is 17.2 Å². The van der Waals surface area contributed by atoms with E-state index < -0.39 is 12.1 Å². The van der Waals surface area contributed by atoms with E-state index in [1.54, 1.807) is 0 Å². The molecule has 22 heavy (non-hydrogen) atoms. The third-order valence-electron chi connectivity index (χ3n) is 3.53. The highest BCUT2D eigenvalue weighted by Gasteiger charge is 2.02. The highest BCUT2D eigenvalue weighted by Crippen LogP contribution is 2.09. The Morgan fingerprint density at radius 2 is 1.82 bits per heavy atom. The third kappa shape index (κ3) is 9.35. The summed E-state index contributed by atoms with van der Waals surface area (Å²) in [6.45, 7) is 2.46. The smallest absolute Gasteiger partial charge is 0.330 e. The lowest BCUT2D eigenvalue weighted by atomic mass is 10.1. The molecule has 1 N–H and O–H groups in total. The number of unbranched alkanes of at least 4 members (excludes halogenated alkanes) is 5. The first-order chi connectivity index (χ1) is 10.7. The fourth-order valence-corrected chi connectivity index (χ4v) is 2.20. The molecule has 0 aliphatic carbocycles. The molecule has 1 aromatic rings. The van der Waals surface area contributed by atoms with Crippen LogP contribution in [0.25, 0.3) is 0 Å². The Labute approximate surface area is 134 Å². The maximum Gasteiger partial charge on any atom is 0.330 e. The van der Waals surface area contributed by atoms with Crippen molar-refractivity contribution in [3.05, 3.63) is 48.0 Å². The van der Waals surface area contributed by atoms with Crippen molar-refractivity contribution >= 4 is 5.97 Å². The zero-order chi connectivity index (χ0) is 16.0. The molecule has 0 aliphatic rings. The maximum atomic E-state index is 11.5. The van der Waals surface area contributed by atoms with E-state index in [-0.39, 0.29) is 6.61 Å². The van der Waals surface area contributed by atoms with Crippen molar-refractivity contribution in [2.75, 3.05) is 0 Å². The van der Waals surface area contributed by atoms with Crippen molar-refractivity contribution < 1.29 is 14.6 Å². The molecule has 0 radical (unpaired) electrons. The zero-order valence-electron chi connectivity index (χ0n) is 13.5. The first-order valence-corrected chi connectivity index (χ1v) is 8.29. The lowest BCUT2D eigenvalue weighted by Gasteiger charge is -2.05. The minimum Gasteiger partial charge on any atom is -0.458 e. The number of aliphatic hydroxyl groups is 1. The number of esters is 1. The first-order valence-electron chi connectivity index (χ1n) is 8.29. The van der Waals surface area contributed by atoms with Gasteiger partial charge in [0.2, 0.25) is 0 Å². The molecule has 1 atom stereocenters. The fourth-order valence-electron chi connectivity index (χ4n) is 2.20. The zero-order valence-corrected chi connectivity index (χ0v) is 13.5. The molecular formula is C19H28O3. The van der Waals surface area contributed by atoms with Gasteiger partial charge in [0.15, 0.2) is 0 Å². The van der Waals surface area contributed by atoms with Gasteiger partial charge in [-0.05, 0) is 18.1 Å². The van der Waals surface area contributed by atoms with E-state index in [2.05, 4.69) is 6.92 Å². The number of carbonyl (C=O) groups is 1. The van der Waals surface area contributed by atoms with E-state index in [0.717, 1.165) is 18.4 Å². The van der Waals surface area contributed by atoms with Crippen LogP contribution in [0.15, 0.2) is 42.5 Å². The summed E-state index contributed by atoms with van der Waals surface area (Å²) < 4.78 is 5.11. The Hall–Kier alpha value is -1.61. The molecule has 0 fully saturated rings. The second-order valence-corrected chi connectivity index (χ2v) is 5.58. The van der Waals surface area contributed by atoms with Crippen molar-refractivity contribution in [3.63, 3.8) is 0 Å². The summed E-state index contributed by atoms with van der Waals surface area (Å²) in [5, 5.41) is 9.79. The van der Waals surface area contributed by atoms with Gasteiger partial charge in [-0.2, -0.15) is 0 Å². The van der Waals surface area contributed by atoms with Crippen LogP contribution >= 0.6 is 0 Å². The fraction of sp³-hybridized carbons (Fsp3) is 0.526. The van der Waals surface area contributed by atoms with Gasteiger partial charge in [-0.25, -0.2) is 4.79 Å². The van der Waals surface area contributed by atoms with Gasteiger partial charge in [-0.3, -0.25) is 0 Å². The van der Waals surface area contributed by atoms with E-state index in [9.17, 15) is 9.90 Å². The molecule has 0 aliphatic heterocycles. The third-order valence-corrected chi connectivity index (χ3v) is 3.53. The van der Waals surface area contributed by atoms with Crippen molar-refractivity contribution in [1.29, 1.82) is 0 Å². The average Bonchev–Trinajstić information content (AvgIpc) is 2.55. The standard InChI is InChI=1S/C19H28O3/c1-2-3-4-5-6-10-13-18(20)14-15-19(21)22-16-17-11-8-7-9-12-17/h7-9,11-12,14-15,18,20H,2-6,10,13,16H2,1H3/t18-/m1/s1. The molecule has 0 spiro atoms. The molecule has 1 rings (SSSR count). The summed E-state index contributed by atoms with van der Waals surface area (Å²) in [7, 11) is 0. The molecule has 0 bridgehead atoms. The van der Waals surface area contributed by atoms with Crippen LogP contribution < -0.4 is 0 Å². The monoisotopic (exact) mass is 304 g/mol. The first kappa shape index (κ1) is 18.4. The van der Waals surface area contributed by atoms with Crippen LogP contribution in [0.5, 0.6) is 0 Å². The molecule has 0 amide bonds. The molecule has 0 saturated heterocycles. The second kappa shape index (κ2) is 12.0. The molecule has 1 aromatic carbocycles. The number of ether oxygens (including phenoxy) is 1. The molecule has 0 saturated carbocycles. The van der Waals surface area contributed by atoms with E-state index in [4.69, 9.17) is 4.74 Å². The largest absolute Gasteiger partial charge is 0.458 e. The highest BCUT2D eigenvalue weighted by molar-refractivity contribution is 5.81. The quantitative estimate of drug-likeness (QED) is 0.374. The predicted octanol–water partition coefficient (Wildman–Crippen LogP) is 4.40. The van der Waals surface area contributed by atoms with Gasteiger partial charge in [-0.1, -0.05) is 75.8 Å². The van der Waals surface area contributed by atoms with Gasteiger partial charge in [0, 0.05) is 6.08 Å². The van der Waals surface area contributed by atoms with Crippen LogP contribution in [0.4, 0.5) is 0 Å². The predicted molar refractivity (Wildman–Crippen MR) is 89.4 cm³/mol. The van der Waals surface area contributed by atoms with E-state index >= 15 is 0 Å².